The van der Waals surface area contributed by atoms with Crippen LogP contribution in [-0.4, -0.2) is 0 Å². The molecule has 1 N–H and O–H groups in total. The molecule has 94 valence electrons. The summed E-state index contributed by atoms with van der Waals surface area (Å²) in [5, 5.41) is 5.12. The van der Waals surface area contributed by atoms with Crippen LogP contribution in [0.15, 0.2) is 79.0 Å². The first-order valence-corrected chi connectivity index (χ1v) is 6.80. The third-order valence-corrected chi connectivity index (χ3v) is 3.76. The summed E-state index contributed by atoms with van der Waals surface area (Å²) in [5.41, 5.74) is 2.36. The van der Waals surface area contributed by atoms with Crippen molar-refractivity contribution in [3.05, 3.63) is 79.0 Å². The number of aromatic amines is 1. The summed E-state index contributed by atoms with van der Waals surface area (Å²) < 4.78 is 0. The average molecular weight is 256 g/mol. The molecule has 0 unspecified atom stereocenters. The fourth-order valence-corrected chi connectivity index (χ4v) is 2.73. The Morgan fingerprint density at radius 2 is 1.35 bits per heavy atom. The van der Waals surface area contributed by atoms with Crippen LogP contribution >= 0.6 is 0 Å². The van der Waals surface area contributed by atoms with E-state index in [0.717, 1.165) is 5.69 Å². The molecule has 0 saturated carbocycles. The van der Waals surface area contributed by atoms with E-state index in [2.05, 4.69) is 77.9 Å². The lowest BCUT2D eigenvalue weighted by Gasteiger charge is -2.03. The Morgan fingerprint density at radius 3 is 2.25 bits per heavy atom. The maximum atomic E-state index is 3.39. The van der Waals surface area contributed by atoms with E-state index in [1.165, 1.54) is 27.1 Å². The van der Waals surface area contributed by atoms with Crippen LogP contribution in [0.2, 0.25) is 0 Å². The second-order valence-electron chi connectivity index (χ2n) is 5.00. The highest BCUT2D eigenvalue weighted by Crippen LogP contribution is 2.26. The van der Waals surface area contributed by atoms with Crippen molar-refractivity contribution in [3.63, 3.8) is 0 Å². The number of pyridine rings is 1. The maximum Gasteiger partial charge on any atom is 0.211 e. The van der Waals surface area contributed by atoms with Gasteiger partial charge < -0.3 is 0 Å². The molecule has 0 spiro atoms. The zero-order valence-electron chi connectivity index (χ0n) is 11.0. The molecule has 0 aliphatic rings. The first-order chi connectivity index (χ1) is 9.92. The monoisotopic (exact) mass is 256 g/mol. The fraction of sp³-hybridized carbons (Fsp3) is 0. The van der Waals surface area contributed by atoms with Crippen LogP contribution in [0.25, 0.3) is 32.8 Å². The normalized spacial score (nSPS) is 11.0. The lowest BCUT2D eigenvalue weighted by molar-refractivity contribution is -0.362. The standard InChI is InChI=1S/C19H13N/c1-2-7-15(8-3-1)19-12-18-16(13-20-19)11-10-14-6-4-5-9-17(14)18/h1-13H/p+1. The second kappa shape index (κ2) is 4.46. The predicted molar refractivity (Wildman–Crippen MR) is 83.4 cm³/mol. The summed E-state index contributed by atoms with van der Waals surface area (Å²) in [6, 6.07) is 25.5. The summed E-state index contributed by atoms with van der Waals surface area (Å²) in [4.78, 5) is 3.39. The quantitative estimate of drug-likeness (QED) is 0.446. The number of benzene rings is 3. The summed E-state index contributed by atoms with van der Waals surface area (Å²) in [6.07, 6.45) is 2.09. The zero-order chi connectivity index (χ0) is 13.4. The number of aromatic nitrogens is 1. The van der Waals surface area contributed by atoms with Crippen LogP contribution in [0.5, 0.6) is 0 Å². The molecule has 1 heterocycles. The third-order valence-electron chi connectivity index (χ3n) is 3.76. The van der Waals surface area contributed by atoms with Gasteiger partial charge in [0.1, 0.15) is 0 Å². The molecule has 0 bridgehead atoms. The Kier molecular flexibility index (Phi) is 2.49. The van der Waals surface area contributed by atoms with Gasteiger partial charge in [-0.25, -0.2) is 4.98 Å². The summed E-state index contributed by atoms with van der Waals surface area (Å²) in [7, 11) is 0. The molecule has 0 radical (unpaired) electrons. The van der Waals surface area contributed by atoms with Gasteiger partial charge in [-0.05, 0) is 29.0 Å². The lowest BCUT2D eigenvalue weighted by Crippen LogP contribution is -2.05. The fourth-order valence-electron chi connectivity index (χ4n) is 2.73. The molecule has 1 nitrogen and oxygen atoms in total. The third kappa shape index (κ3) is 1.76. The molecule has 4 rings (SSSR count). The van der Waals surface area contributed by atoms with Crippen LogP contribution in [0.4, 0.5) is 0 Å². The Balaban J connectivity index is 2.05. The average Bonchev–Trinajstić information content (AvgIpc) is 2.55. The molecule has 0 fully saturated rings. The Hall–Kier alpha value is -2.67. The van der Waals surface area contributed by atoms with Crippen LogP contribution in [-0.2, 0) is 0 Å². The van der Waals surface area contributed by atoms with Crippen molar-refractivity contribution in [3.8, 4) is 11.3 Å². The summed E-state index contributed by atoms with van der Waals surface area (Å²) in [5.74, 6) is 0. The molecule has 4 aromatic rings. The largest absolute Gasteiger partial charge is 0.211 e. The Bertz CT molecular complexity index is 895. The number of hydrogen-bond acceptors (Lipinski definition) is 0. The first-order valence-electron chi connectivity index (χ1n) is 6.80. The van der Waals surface area contributed by atoms with E-state index in [-0.39, 0.29) is 0 Å². The van der Waals surface area contributed by atoms with E-state index in [4.69, 9.17) is 0 Å². The smallest absolute Gasteiger partial charge is 0.210 e. The van der Waals surface area contributed by atoms with Crippen molar-refractivity contribution in [2.45, 2.75) is 0 Å². The topological polar surface area (TPSA) is 14.1 Å². The van der Waals surface area contributed by atoms with Crippen molar-refractivity contribution < 1.29 is 4.98 Å². The van der Waals surface area contributed by atoms with Gasteiger partial charge in [0.05, 0.1) is 0 Å². The van der Waals surface area contributed by atoms with E-state index in [9.17, 15) is 0 Å². The molecule has 0 aliphatic carbocycles. The van der Waals surface area contributed by atoms with Crippen molar-refractivity contribution >= 4 is 21.5 Å². The van der Waals surface area contributed by atoms with E-state index in [1.54, 1.807) is 0 Å². The molecule has 20 heavy (non-hydrogen) atoms. The molecule has 0 aliphatic heterocycles. The van der Waals surface area contributed by atoms with Gasteiger partial charge in [0.15, 0.2) is 6.20 Å². The van der Waals surface area contributed by atoms with Gasteiger partial charge in [0.2, 0.25) is 5.69 Å². The minimum absolute atomic E-state index is 1.15. The minimum atomic E-state index is 1.15. The summed E-state index contributed by atoms with van der Waals surface area (Å²) >= 11 is 0. The number of fused-ring (bicyclic) bond motifs is 3. The highest BCUT2D eigenvalue weighted by Gasteiger charge is 2.08. The SMILES string of the molecule is c1ccc(-c2cc3c(ccc4ccccc43)c[nH+]2)cc1. The Labute approximate surface area is 117 Å². The van der Waals surface area contributed by atoms with E-state index in [1.807, 2.05) is 6.07 Å². The molecular formula is C19H14N+. The van der Waals surface area contributed by atoms with Gasteiger partial charge in [0, 0.05) is 22.4 Å². The van der Waals surface area contributed by atoms with E-state index < -0.39 is 0 Å². The molecule has 0 amide bonds. The molecule has 1 heteroatoms. The van der Waals surface area contributed by atoms with Crippen LogP contribution in [0.3, 0.4) is 0 Å². The van der Waals surface area contributed by atoms with Gasteiger partial charge in [0.25, 0.3) is 0 Å². The van der Waals surface area contributed by atoms with Crippen LogP contribution < -0.4 is 4.98 Å². The molecule has 3 aromatic carbocycles. The molecule has 0 atom stereocenters. The minimum Gasteiger partial charge on any atom is -0.210 e. The molecule has 0 saturated heterocycles. The van der Waals surface area contributed by atoms with Crippen molar-refractivity contribution in [2.24, 2.45) is 0 Å². The highest BCUT2D eigenvalue weighted by molar-refractivity contribution is 6.07. The number of rotatable bonds is 1. The van der Waals surface area contributed by atoms with Gasteiger partial charge >= 0.3 is 0 Å². The lowest BCUT2D eigenvalue weighted by atomic mass is 10.0. The van der Waals surface area contributed by atoms with E-state index >= 15 is 0 Å². The van der Waals surface area contributed by atoms with E-state index in [0.29, 0.717) is 0 Å². The molecule has 1 aromatic heterocycles. The predicted octanol–water partition coefficient (Wildman–Crippen LogP) is 4.47. The second-order valence-corrected chi connectivity index (χ2v) is 5.00. The van der Waals surface area contributed by atoms with Gasteiger partial charge in [-0.1, -0.05) is 48.5 Å². The van der Waals surface area contributed by atoms with Crippen molar-refractivity contribution in [2.75, 3.05) is 0 Å². The van der Waals surface area contributed by atoms with Crippen molar-refractivity contribution in [1.82, 2.24) is 0 Å². The van der Waals surface area contributed by atoms with Crippen molar-refractivity contribution in [1.29, 1.82) is 0 Å². The van der Waals surface area contributed by atoms with Gasteiger partial charge in [-0.15, -0.1) is 0 Å². The van der Waals surface area contributed by atoms with Crippen LogP contribution in [0.1, 0.15) is 0 Å². The first kappa shape index (κ1) is 11.2. The van der Waals surface area contributed by atoms with Gasteiger partial charge in [-0.2, -0.15) is 0 Å². The maximum absolute atomic E-state index is 3.39. The number of H-pyrrole nitrogens is 1. The Morgan fingerprint density at radius 1 is 0.600 bits per heavy atom. The number of hydrogen-bond donors (Lipinski definition) is 0. The number of nitrogens with one attached hydrogen (secondary N) is 1. The zero-order valence-corrected chi connectivity index (χ0v) is 11.0. The summed E-state index contributed by atoms with van der Waals surface area (Å²) in [6.45, 7) is 0. The molecular weight excluding hydrogens is 242 g/mol. The van der Waals surface area contributed by atoms with Crippen LogP contribution in [0, 0.1) is 0 Å². The van der Waals surface area contributed by atoms with Gasteiger partial charge in [-0.3, -0.25) is 0 Å². The highest BCUT2D eigenvalue weighted by atomic mass is 14.7.